The molecule has 0 bridgehead atoms. The molecule has 0 saturated heterocycles. The highest BCUT2D eigenvalue weighted by Crippen LogP contribution is 2.38. The molecule has 4 heterocycles. The molecule has 0 aliphatic heterocycles. The number of carbonyl (C=O) groups excluding carboxylic acids is 1. The fourth-order valence-electron chi connectivity index (χ4n) is 4.00. The Morgan fingerprint density at radius 1 is 1.16 bits per heavy atom. The van der Waals surface area contributed by atoms with E-state index in [0.29, 0.717) is 39.2 Å². The maximum Gasteiger partial charge on any atom is 0.359 e. The zero-order valence-electron chi connectivity index (χ0n) is 19.7. The number of nitrogens with zero attached hydrogens (tertiary/aromatic N) is 5. The maximum atomic E-state index is 12.8. The van der Waals surface area contributed by atoms with Crippen LogP contribution < -0.4 is 5.32 Å². The van der Waals surface area contributed by atoms with Gasteiger partial charge in [-0.05, 0) is 50.2 Å². The number of anilines is 2. The minimum Gasteiger partial charge on any atom is -0.461 e. The van der Waals surface area contributed by atoms with Gasteiger partial charge in [-0.15, -0.1) is 21.5 Å². The van der Waals surface area contributed by atoms with E-state index in [1.807, 2.05) is 60.0 Å². The number of aromatic nitrogens is 5. The number of thiazole rings is 1. The number of aryl methyl sites for hydroxylation is 1. The van der Waals surface area contributed by atoms with E-state index in [1.165, 1.54) is 15.9 Å². The summed E-state index contributed by atoms with van der Waals surface area (Å²) in [5.74, 6) is 0.623. The molecule has 0 aliphatic rings. The van der Waals surface area contributed by atoms with E-state index < -0.39 is 5.97 Å². The molecule has 0 saturated carbocycles. The first-order valence-corrected chi connectivity index (χ1v) is 13.1. The average Bonchev–Trinajstić information content (AvgIpc) is 3.61. The number of fused-ring (bicyclic) bond motifs is 2. The van der Waals surface area contributed by atoms with E-state index >= 15 is 0 Å². The van der Waals surface area contributed by atoms with E-state index in [2.05, 4.69) is 31.4 Å². The molecule has 6 rings (SSSR count). The maximum absolute atomic E-state index is 12.8. The first kappa shape index (κ1) is 23.3. The lowest BCUT2D eigenvalue weighted by atomic mass is 10.2. The number of carbonyl (C=O) groups is 1. The van der Waals surface area contributed by atoms with Crippen molar-refractivity contribution in [3.63, 3.8) is 0 Å². The van der Waals surface area contributed by atoms with Crippen molar-refractivity contribution in [2.75, 3.05) is 11.9 Å². The molecule has 6 aromatic rings. The highest BCUT2D eigenvalue weighted by Gasteiger charge is 2.26. The van der Waals surface area contributed by atoms with Gasteiger partial charge in [0.2, 0.25) is 0 Å². The van der Waals surface area contributed by atoms with Crippen LogP contribution in [-0.2, 0) is 4.74 Å². The predicted octanol–water partition coefficient (Wildman–Crippen LogP) is 6.65. The number of halogens is 1. The summed E-state index contributed by atoms with van der Waals surface area (Å²) < 4.78 is 13.8. The molecule has 0 unspecified atom stereocenters. The van der Waals surface area contributed by atoms with E-state index in [4.69, 9.17) is 19.2 Å². The van der Waals surface area contributed by atoms with Crippen LogP contribution in [0.1, 0.15) is 23.1 Å². The van der Waals surface area contributed by atoms with Crippen molar-refractivity contribution in [3.8, 4) is 22.0 Å². The summed E-state index contributed by atoms with van der Waals surface area (Å²) in [5.41, 5.74) is 3.93. The number of hydrogen-bond donors (Lipinski definition) is 1. The van der Waals surface area contributed by atoms with Crippen LogP contribution in [0.4, 0.5) is 11.5 Å². The highest BCUT2D eigenvalue weighted by molar-refractivity contribution is 9.10. The Hall–Kier alpha value is -4.09. The van der Waals surface area contributed by atoms with Crippen molar-refractivity contribution in [2.45, 2.75) is 13.8 Å². The second kappa shape index (κ2) is 9.41. The Balaban J connectivity index is 1.51. The molecule has 184 valence electrons. The minimum absolute atomic E-state index is 0.217. The van der Waals surface area contributed by atoms with Crippen molar-refractivity contribution in [2.24, 2.45) is 0 Å². The van der Waals surface area contributed by atoms with E-state index in [0.717, 1.165) is 21.1 Å². The summed E-state index contributed by atoms with van der Waals surface area (Å²) in [7, 11) is 0. The van der Waals surface area contributed by atoms with Gasteiger partial charge < -0.3 is 14.5 Å². The zero-order valence-corrected chi connectivity index (χ0v) is 22.1. The molecule has 0 amide bonds. The number of ether oxygens (including phenoxy) is 1. The first-order chi connectivity index (χ1) is 18.0. The average molecular weight is 575 g/mol. The Morgan fingerprint density at radius 2 is 2.00 bits per heavy atom. The van der Waals surface area contributed by atoms with Crippen LogP contribution in [0.15, 0.2) is 68.9 Å². The normalized spacial score (nSPS) is 11.3. The van der Waals surface area contributed by atoms with Crippen LogP contribution >= 0.6 is 27.3 Å². The van der Waals surface area contributed by atoms with Crippen molar-refractivity contribution in [3.05, 3.63) is 75.8 Å². The second-order valence-electron chi connectivity index (χ2n) is 8.14. The molecular weight excluding hydrogens is 556 g/mol. The lowest BCUT2D eigenvalue weighted by Crippen LogP contribution is -2.15. The van der Waals surface area contributed by atoms with Crippen LogP contribution in [0.3, 0.4) is 0 Å². The summed E-state index contributed by atoms with van der Waals surface area (Å²) in [6.45, 7) is 3.69. The number of esters is 1. The summed E-state index contributed by atoms with van der Waals surface area (Å²) in [4.78, 5) is 17.7. The van der Waals surface area contributed by atoms with E-state index in [1.54, 1.807) is 13.8 Å². The Morgan fingerprint density at radius 3 is 2.81 bits per heavy atom. The monoisotopic (exact) mass is 574 g/mol. The van der Waals surface area contributed by atoms with Gasteiger partial charge >= 0.3 is 5.97 Å². The molecular formula is C26H19BrN6O3S. The van der Waals surface area contributed by atoms with Crippen LogP contribution in [0.5, 0.6) is 0 Å². The predicted molar refractivity (Wildman–Crippen MR) is 145 cm³/mol. The Labute approximate surface area is 223 Å². The molecule has 1 N–H and O–H groups in total. The lowest BCUT2D eigenvalue weighted by Gasteiger charge is -2.05. The third-order valence-electron chi connectivity index (χ3n) is 5.66. The molecule has 4 aromatic heterocycles. The van der Waals surface area contributed by atoms with Crippen LogP contribution in [-0.4, -0.2) is 37.4 Å². The molecule has 37 heavy (non-hydrogen) atoms. The quantitative estimate of drug-likeness (QED) is 0.220. The van der Waals surface area contributed by atoms with Crippen molar-refractivity contribution >= 4 is 61.4 Å². The van der Waals surface area contributed by atoms with E-state index in [9.17, 15) is 4.79 Å². The molecule has 0 fully saturated rings. The van der Waals surface area contributed by atoms with Gasteiger partial charge in [0.05, 0.1) is 12.3 Å². The molecule has 0 spiro atoms. The summed E-state index contributed by atoms with van der Waals surface area (Å²) in [6.07, 6.45) is 0. The highest BCUT2D eigenvalue weighted by atomic mass is 79.9. The van der Waals surface area contributed by atoms with Gasteiger partial charge in [-0.25, -0.2) is 14.3 Å². The van der Waals surface area contributed by atoms with Gasteiger partial charge in [-0.2, -0.15) is 5.10 Å². The first-order valence-electron chi connectivity index (χ1n) is 11.4. The molecule has 0 radical (unpaired) electrons. The van der Waals surface area contributed by atoms with Gasteiger partial charge in [0.1, 0.15) is 21.8 Å². The standard InChI is InChI=1S/C26H19BrN6O3S/c1-3-35-26(34)22-14(2)30-31-24-21(23(32-33(22)24)28-17-7-5-4-6-8-17)25-29-18(13-37-25)20-12-15-11-16(27)9-10-19(15)36-20/h4-13H,3H2,1-2H3,(H,28,32). The third kappa shape index (κ3) is 4.25. The lowest BCUT2D eigenvalue weighted by molar-refractivity contribution is 0.0514. The van der Waals surface area contributed by atoms with Gasteiger partial charge in [-0.1, -0.05) is 34.1 Å². The number of para-hydroxylation sites is 1. The molecule has 0 atom stereocenters. The summed E-state index contributed by atoms with van der Waals surface area (Å²) in [6, 6.07) is 17.4. The number of nitrogens with one attached hydrogen (secondary N) is 1. The van der Waals surface area contributed by atoms with Crippen molar-refractivity contribution in [1.82, 2.24) is 24.8 Å². The fraction of sp³-hybridized carbons (Fsp3) is 0.115. The molecule has 11 heteroatoms. The van der Waals surface area contributed by atoms with Crippen molar-refractivity contribution in [1.29, 1.82) is 0 Å². The van der Waals surface area contributed by atoms with Gasteiger partial charge in [-0.3, -0.25) is 0 Å². The largest absolute Gasteiger partial charge is 0.461 e. The molecule has 9 nitrogen and oxygen atoms in total. The second-order valence-corrected chi connectivity index (χ2v) is 9.91. The Kier molecular flexibility index (Phi) is 5.93. The van der Waals surface area contributed by atoms with E-state index in [-0.39, 0.29) is 12.3 Å². The van der Waals surface area contributed by atoms with Crippen LogP contribution in [0.2, 0.25) is 0 Å². The zero-order chi connectivity index (χ0) is 25.5. The van der Waals surface area contributed by atoms with Crippen LogP contribution in [0, 0.1) is 6.92 Å². The van der Waals surface area contributed by atoms with Crippen molar-refractivity contribution < 1.29 is 13.9 Å². The molecule has 2 aromatic carbocycles. The number of benzene rings is 2. The topological polar surface area (TPSA) is 107 Å². The summed E-state index contributed by atoms with van der Waals surface area (Å²) in [5, 5.41) is 20.2. The van der Waals surface area contributed by atoms with Gasteiger partial charge in [0.15, 0.2) is 22.9 Å². The number of furan rings is 1. The fourth-order valence-corrected chi connectivity index (χ4v) is 5.23. The SMILES string of the molecule is CCOC(=O)c1c(C)nnc2c(-c3nc(-c4cc5cc(Br)ccc5o4)cs3)c(Nc3ccccc3)nn12. The molecule has 0 aliphatic carbocycles. The van der Waals surface area contributed by atoms with Gasteiger partial charge in [0, 0.05) is 20.9 Å². The number of hydrogen-bond acceptors (Lipinski definition) is 9. The Bertz CT molecular complexity index is 1780. The third-order valence-corrected chi connectivity index (χ3v) is 7.02. The smallest absolute Gasteiger partial charge is 0.359 e. The minimum atomic E-state index is -0.520. The number of rotatable bonds is 6. The van der Waals surface area contributed by atoms with Gasteiger partial charge in [0.25, 0.3) is 0 Å². The summed E-state index contributed by atoms with van der Waals surface area (Å²) >= 11 is 4.93. The van der Waals surface area contributed by atoms with Crippen LogP contribution in [0.25, 0.3) is 38.6 Å².